The first-order chi connectivity index (χ1) is 28.0. The smallest absolute Gasteiger partial charge is 1.00 e. The number of para-hydroxylation sites is 1. The largest absolute Gasteiger partial charge is 1.00 e. The third-order valence-electron chi connectivity index (χ3n) is 7.73. The number of carbonyl (C=O) groups is 1. The fourth-order valence-corrected chi connectivity index (χ4v) is 5.30. The quantitative estimate of drug-likeness (QED) is 0.0552. The second-order valence-electron chi connectivity index (χ2n) is 11.7. The fraction of sp³-hybridized carbons (Fsp3) is 0.279. The maximum atomic E-state index is 9.96. The van der Waals surface area contributed by atoms with Crippen LogP contribution in [-0.2, 0) is 22.4 Å². The molecule has 0 aliphatic carbocycles. The van der Waals surface area contributed by atoms with Gasteiger partial charge in [-0.15, -0.1) is 0 Å². The molecule has 2 N–H and O–H groups in total. The van der Waals surface area contributed by atoms with Gasteiger partial charge in [0.05, 0.1) is 58.7 Å². The van der Waals surface area contributed by atoms with E-state index < -0.39 is 7.15 Å². The number of ether oxygens (including phenoxy) is 2. The van der Waals surface area contributed by atoms with Crippen molar-refractivity contribution >= 4 is 49.4 Å². The molecule has 10 nitrogen and oxygen atoms in total. The summed E-state index contributed by atoms with van der Waals surface area (Å²) in [7, 11) is 4.32. The standard InChI is InChI=1S/C18H18N2O.C10H10N2O.C8H9I.C5H13N.CH3F.CH2O3.2Cs.Cu.HI.H/c1-13-6-4-7-14(2)18(13)20-11-17(19-12-20)15-8-5-9-16(10-15)21-3;1-13-9-4-2-3-8(5-9)10-6-11-7-12-10;1-6-4-3-5-7(2)8(6)9;1-3-4-5-6-2;1-2;2-1-4-3;;;;;/h4-12H,1-3H3;2-7H,1H3,(H,11,12);3-5H,1-2H3;6H,3-5H2,1-2H3;1H3;1,3H;;;;1H;/q;;;;;;3*+1;;-1/p-2/i;;;;1D;;;;;;. The van der Waals surface area contributed by atoms with E-state index in [1.807, 2.05) is 61.9 Å². The minimum Gasteiger partial charge on any atom is -1.00 e. The van der Waals surface area contributed by atoms with E-state index in [0.717, 1.165) is 40.6 Å². The van der Waals surface area contributed by atoms with Gasteiger partial charge >= 0.3 is 171 Å². The minimum atomic E-state index is -1.00. The summed E-state index contributed by atoms with van der Waals surface area (Å²) < 4.78 is 29.4. The van der Waals surface area contributed by atoms with E-state index in [4.69, 9.17) is 20.9 Å². The molecule has 316 valence electrons. The number of aryl methyl sites for hydroxylation is 4. The van der Waals surface area contributed by atoms with Gasteiger partial charge in [0.15, 0.2) is 0 Å². The average Bonchev–Trinajstić information content (AvgIpc) is 3.98. The van der Waals surface area contributed by atoms with Crippen molar-refractivity contribution in [3.05, 3.63) is 136 Å². The number of aromatic nitrogens is 4. The van der Waals surface area contributed by atoms with Gasteiger partial charge in [0, 0.05) is 20.9 Å². The van der Waals surface area contributed by atoms with Gasteiger partial charge in [0.2, 0.25) is 0 Å². The average molecular weight is 1330 g/mol. The Balaban J connectivity index is -0.000000352. The molecule has 0 saturated heterocycles. The van der Waals surface area contributed by atoms with Crippen molar-refractivity contribution in [3.8, 4) is 39.7 Å². The number of H-pyrrole nitrogens is 1. The summed E-state index contributed by atoms with van der Waals surface area (Å²) in [5.74, 6) is 1.70. The topological polar surface area (TPSA) is 126 Å². The molecule has 0 unspecified atom stereocenters. The molecule has 0 fully saturated rings. The maximum Gasteiger partial charge on any atom is -1.00 e. The van der Waals surface area contributed by atoms with Gasteiger partial charge in [-0.25, -0.2) is 9.97 Å². The number of nitrogens with one attached hydrogen (secondary N) is 2. The number of benzene rings is 4. The molecule has 0 saturated carbocycles. The summed E-state index contributed by atoms with van der Waals surface area (Å²) >= 11 is 8.24. The molecule has 0 amide bonds. The number of carbonyl (C=O) groups excluding carboxylic acids is 1. The number of alkyl halides is 1. The third kappa shape index (κ3) is 26.0. The number of methoxy groups -OCH3 is 2. The number of hydrogen-bond donors (Lipinski definition) is 2. The van der Waals surface area contributed by atoms with E-state index in [0.29, 0.717) is 0 Å². The summed E-state index contributed by atoms with van der Waals surface area (Å²) in [5, 5.41) is 11.5. The van der Waals surface area contributed by atoms with Crippen LogP contribution in [0.4, 0.5) is 4.39 Å². The van der Waals surface area contributed by atoms with Crippen LogP contribution in [0.1, 0.15) is 44.8 Å². The first-order valence-electron chi connectivity index (χ1n) is 18.2. The van der Waals surface area contributed by atoms with Crippen LogP contribution in [0.5, 0.6) is 11.5 Å². The molecule has 0 radical (unpaired) electrons. The van der Waals surface area contributed by atoms with E-state index in [-0.39, 0.29) is 146 Å². The molecule has 2 heterocycles. The van der Waals surface area contributed by atoms with E-state index in [1.54, 1.807) is 47.1 Å². The molecule has 16 heteroatoms. The summed E-state index contributed by atoms with van der Waals surface area (Å²) in [6.45, 7) is 11.7. The Morgan fingerprint density at radius 1 is 0.915 bits per heavy atom. The summed E-state index contributed by atoms with van der Waals surface area (Å²) in [5.41, 5.74) is 10.5. The Kier molecular flexibility index (Phi) is 42.7. The predicted octanol–water partition coefficient (Wildman–Crippen LogP) is 4.19. The van der Waals surface area contributed by atoms with Crippen molar-refractivity contribution in [2.75, 3.05) is 35.0 Å². The Morgan fingerprint density at radius 3 is 1.80 bits per heavy atom. The van der Waals surface area contributed by atoms with Crippen LogP contribution in [0.15, 0.2) is 110 Å². The van der Waals surface area contributed by atoms with Crippen molar-refractivity contribution in [3.63, 3.8) is 0 Å². The monoisotopic (exact) mass is 1320 g/mol. The second-order valence-corrected chi connectivity index (χ2v) is 12.8. The Hall–Kier alpha value is 0.303. The van der Waals surface area contributed by atoms with Gasteiger partial charge in [-0.1, -0.05) is 74.0 Å². The van der Waals surface area contributed by atoms with Crippen LogP contribution >= 0.6 is 42.9 Å². The van der Waals surface area contributed by atoms with E-state index in [2.05, 4.69) is 142 Å². The molecule has 0 atom stereocenters. The predicted molar refractivity (Wildman–Crippen MR) is 242 cm³/mol. The molecule has 59 heavy (non-hydrogen) atoms. The molecule has 6 rings (SSSR count). The van der Waals surface area contributed by atoms with E-state index in [9.17, 15) is 4.39 Å². The third-order valence-corrected chi connectivity index (χ3v) is 9.43. The fourth-order valence-electron chi connectivity index (χ4n) is 4.94. The molecule has 4 aromatic carbocycles. The van der Waals surface area contributed by atoms with E-state index >= 15 is 0 Å². The van der Waals surface area contributed by atoms with Crippen LogP contribution < -0.4 is 158 Å². The molecule has 6 aromatic rings. The molecular weight excluding hydrogens is 1270 g/mol. The minimum absolute atomic E-state index is 0. The van der Waals surface area contributed by atoms with Gasteiger partial charge in [-0.05, 0) is 117 Å². The van der Waals surface area contributed by atoms with Crippen molar-refractivity contribution in [1.29, 1.82) is 0 Å². The van der Waals surface area contributed by atoms with Crippen molar-refractivity contribution < 1.29 is 182 Å². The zero-order valence-electron chi connectivity index (χ0n) is 37.6. The number of nitrogens with zero attached hydrogens (tertiary/aromatic N) is 3. The zero-order chi connectivity index (χ0) is 43.7. The van der Waals surface area contributed by atoms with Crippen molar-refractivity contribution in [2.24, 2.45) is 0 Å². The van der Waals surface area contributed by atoms with Crippen molar-refractivity contribution in [2.45, 2.75) is 47.5 Å². The number of rotatable bonds is 9. The van der Waals surface area contributed by atoms with Crippen LogP contribution in [-0.4, -0.2) is 61.0 Å². The number of hydrogen-bond acceptors (Lipinski definition) is 8. The normalized spacial score (nSPS) is 9.15. The zero-order valence-corrected chi connectivity index (χ0v) is 53.4. The molecule has 0 spiro atoms. The van der Waals surface area contributed by atoms with Gasteiger partial charge in [-0.3, -0.25) is 9.18 Å². The van der Waals surface area contributed by atoms with Crippen LogP contribution in [0.3, 0.4) is 0 Å². The summed E-state index contributed by atoms with van der Waals surface area (Å²) in [6, 6.07) is 28.5. The summed E-state index contributed by atoms with van der Waals surface area (Å²) in [6.07, 6.45) is 9.97. The number of unbranched alkanes of at least 4 members (excludes halogenated alkanes) is 1. The van der Waals surface area contributed by atoms with Crippen LogP contribution in [0.2, 0.25) is 0 Å². The van der Waals surface area contributed by atoms with Gasteiger partial charge in [-0.2, -0.15) is 0 Å². The Labute approximate surface area is 504 Å². The Morgan fingerprint density at radius 2 is 1.39 bits per heavy atom. The number of aromatic amines is 1. The number of imidazole rings is 2. The molecule has 0 aliphatic rings. The van der Waals surface area contributed by atoms with Crippen molar-refractivity contribution in [1.82, 2.24) is 24.8 Å². The van der Waals surface area contributed by atoms with Gasteiger partial charge in [0.25, 0.3) is 6.47 Å². The summed E-state index contributed by atoms with van der Waals surface area (Å²) in [4.78, 5) is 22.8. The van der Waals surface area contributed by atoms with Gasteiger partial charge < -0.3 is 35.9 Å². The van der Waals surface area contributed by atoms with Crippen LogP contribution in [0, 0.1) is 31.3 Å². The molecule has 2 aromatic heterocycles. The second kappa shape index (κ2) is 41.0. The first-order valence-corrected chi connectivity index (χ1v) is 21.6. The number of halogens is 3. The van der Waals surface area contributed by atoms with E-state index in [1.165, 1.54) is 44.4 Å². The molecular formula is C43H55Cs2CuFI2N5O5. The molecule has 0 bridgehead atoms. The maximum absolute atomic E-state index is 9.96. The first kappa shape index (κ1) is 61.4. The van der Waals surface area contributed by atoms with Crippen LogP contribution in [0.25, 0.3) is 28.2 Å². The SMILES string of the molecule is CCCCNC.COc1cccc(-c2cn(-c3c(C)cccc3C)cn2)c1.COc1cccc(-c2cnc[nH]2)c1.Cc1cccc(C)c1I.O=CO[O-].[2H]CF.[Cs+].[Cs+].[Cu][I].[H-]. The molecule has 0 aliphatic heterocycles. The van der Waals surface area contributed by atoms with Gasteiger partial charge in [0.1, 0.15) is 11.5 Å². The Bertz CT molecular complexity index is 1930.